The Labute approximate surface area is 146 Å². The second-order valence-corrected chi connectivity index (χ2v) is 6.51. The van der Waals surface area contributed by atoms with Crippen molar-refractivity contribution < 1.29 is 5.11 Å². The number of phenolic OH excluding ortho intramolecular Hbond substituents is 1. The maximum Gasteiger partial charge on any atom is 0.115 e. The van der Waals surface area contributed by atoms with Gasteiger partial charge in [0.2, 0.25) is 0 Å². The number of aromatic hydroxyl groups is 1. The van der Waals surface area contributed by atoms with Crippen LogP contribution in [0.5, 0.6) is 5.75 Å². The number of aromatic nitrogens is 4. The molecule has 1 saturated heterocycles. The van der Waals surface area contributed by atoms with Gasteiger partial charge in [0.25, 0.3) is 0 Å². The number of phenols is 1. The molecule has 1 aromatic carbocycles. The lowest BCUT2D eigenvalue weighted by Crippen LogP contribution is -2.32. The van der Waals surface area contributed by atoms with Crippen molar-refractivity contribution in [3.8, 4) is 11.4 Å². The number of rotatable bonds is 4. The van der Waals surface area contributed by atoms with E-state index in [1.165, 1.54) is 5.56 Å². The summed E-state index contributed by atoms with van der Waals surface area (Å²) in [6.07, 6.45) is 7.69. The fraction of sp³-hybridized carbons (Fsp3) is 0.316. The minimum absolute atomic E-state index is 0.354. The fourth-order valence-corrected chi connectivity index (χ4v) is 3.43. The zero-order chi connectivity index (χ0) is 17.1. The third kappa shape index (κ3) is 3.69. The molecule has 0 aliphatic carbocycles. The molecule has 3 aromatic rings. The Morgan fingerprint density at radius 3 is 2.64 bits per heavy atom. The molecule has 4 rings (SSSR count). The van der Waals surface area contributed by atoms with Crippen LogP contribution in [-0.4, -0.2) is 43.1 Å². The summed E-state index contributed by atoms with van der Waals surface area (Å²) in [5, 5.41) is 18.2. The first kappa shape index (κ1) is 15.8. The van der Waals surface area contributed by atoms with Crippen LogP contribution in [0.2, 0.25) is 0 Å². The molecule has 0 bridgehead atoms. The molecule has 0 unspecified atom stereocenters. The molecule has 6 heteroatoms. The minimum Gasteiger partial charge on any atom is -0.508 e. The van der Waals surface area contributed by atoms with E-state index in [0.717, 1.165) is 43.9 Å². The van der Waals surface area contributed by atoms with E-state index in [2.05, 4.69) is 26.3 Å². The fourth-order valence-electron chi connectivity index (χ4n) is 3.43. The van der Waals surface area contributed by atoms with Gasteiger partial charge in [-0.15, -0.1) is 5.10 Å². The van der Waals surface area contributed by atoms with Gasteiger partial charge in [-0.3, -0.25) is 9.88 Å². The molecule has 0 amide bonds. The summed E-state index contributed by atoms with van der Waals surface area (Å²) in [5.74, 6) is 0.878. The summed E-state index contributed by atoms with van der Waals surface area (Å²) >= 11 is 0. The Morgan fingerprint density at radius 1 is 1.08 bits per heavy atom. The van der Waals surface area contributed by atoms with Crippen LogP contribution >= 0.6 is 0 Å². The average molecular weight is 335 g/mol. The molecule has 1 aliphatic heterocycles. The molecular weight excluding hydrogens is 314 g/mol. The lowest BCUT2D eigenvalue weighted by atomic mass is 9.89. The highest BCUT2D eigenvalue weighted by molar-refractivity contribution is 5.30. The summed E-state index contributed by atoms with van der Waals surface area (Å²) in [6, 6.07) is 11.5. The van der Waals surface area contributed by atoms with Crippen LogP contribution < -0.4 is 0 Å². The van der Waals surface area contributed by atoms with Gasteiger partial charge in [-0.1, -0.05) is 17.3 Å². The van der Waals surface area contributed by atoms with Crippen LogP contribution in [0.15, 0.2) is 55.0 Å². The first-order valence-corrected chi connectivity index (χ1v) is 8.61. The summed E-state index contributed by atoms with van der Waals surface area (Å²) in [6.45, 7) is 2.88. The van der Waals surface area contributed by atoms with Gasteiger partial charge in [-0.05, 0) is 61.7 Å². The second-order valence-electron chi connectivity index (χ2n) is 6.51. The van der Waals surface area contributed by atoms with Gasteiger partial charge < -0.3 is 5.11 Å². The smallest absolute Gasteiger partial charge is 0.115 e. The van der Waals surface area contributed by atoms with Crippen molar-refractivity contribution in [3.63, 3.8) is 0 Å². The molecule has 0 atom stereocenters. The van der Waals surface area contributed by atoms with E-state index in [-0.39, 0.29) is 0 Å². The average Bonchev–Trinajstić information content (AvgIpc) is 3.12. The molecule has 0 saturated carbocycles. The molecular formula is C19H21N5O. The normalized spacial score (nSPS) is 16.2. The minimum atomic E-state index is 0.354. The van der Waals surface area contributed by atoms with Crippen LogP contribution in [0.4, 0.5) is 0 Å². The molecule has 1 N–H and O–H groups in total. The highest BCUT2D eigenvalue weighted by Gasteiger charge is 2.21. The lowest BCUT2D eigenvalue weighted by Gasteiger charge is -2.31. The summed E-state index contributed by atoms with van der Waals surface area (Å²) in [7, 11) is 0. The molecule has 25 heavy (non-hydrogen) atoms. The molecule has 1 aliphatic rings. The number of nitrogens with zero attached hydrogens (tertiary/aromatic N) is 5. The van der Waals surface area contributed by atoms with Crippen molar-refractivity contribution in [2.75, 3.05) is 13.1 Å². The number of piperidine rings is 1. The van der Waals surface area contributed by atoms with Crippen molar-refractivity contribution >= 4 is 0 Å². The van der Waals surface area contributed by atoms with E-state index in [4.69, 9.17) is 0 Å². The Balaban J connectivity index is 1.35. The number of hydrogen-bond acceptors (Lipinski definition) is 5. The largest absolute Gasteiger partial charge is 0.508 e. The van der Waals surface area contributed by atoms with Crippen LogP contribution in [0, 0.1) is 0 Å². The number of pyridine rings is 1. The molecule has 128 valence electrons. The third-order valence-electron chi connectivity index (χ3n) is 4.78. The van der Waals surface area contributed by atoms with Gasteiger partial charge in [0, 0.05) is 18.9 Å². The van der Waals surface area contributed by atoms with Crippen LogP contribution in [0.1, 0.15) is 30.0 Å². The Morgan fingerprint density at radius 2 is 1.88 bits per heavy atom. The Kier molecular flexibility index (Phi) is 4.43. The number of benzene rings is 1. The Hall–Kier alpha value is -2.73. The zero-order valence-corrected chi connectivity index (χ0v) is 14.0. The van der Waals surface area contributed by atoms with Crippen molar-refractivity contribution in [1.82, 2.24) is 24.9 Å². The van der Waals surface area contributed by atoms with E-state index >= 15 is 0 Å². The monoisotopic (exact) mass is 335 g/mol. The molecule has 1 fully saturated rings. The predicted octanol–water partition coefficient (Wildman–Crippen LogP) is 2.75. The van der Waals surface area contributed by atoms with Gasteiger partial charge in [-0.2, -0.15) is 0 Å². The van der Waals surface area contributed by atoms with E-state index in [0.29, 0.717) is 11.7 Å². The summed E-state index contributed by atoms with van der Waals surface area (Å²) in [4.78, 5) is 6.44. The molecule has 6 nitrogen and oxygen atoms in total. The molecule has 0 spiro atoms. The second kappa shape index (κ2) is 7.03. The number of hydrogen-bond donors (Lipinski definition) is 1. The first-order valence-electron chi connectivity index (χ1n) is 8.61. The SMILES string of the molecule is Oc1cccc(C2CCN(Cc3cn(-c4ccncc4)nn3)CC2)c1. The van der Waals surface area contributed by atoms with Crippen LogP contribution in [0.25, 0.3) is 5.69 Å². The topological polar surface area (TPSA) is 67.1 Å². The third-order valence-corrected chi connectivity index (χ3v) is 4.78. The molecule has 3 heterocycles. The van der Waals surface area contributed by atoms with Crippen molar-refractivity contribution in [2.24, 2.45) is 0 Å². The van der Waals surface area contributed by atoms with Crippen LogP contribution in [-0.2, 0) is 6.54 Å². The summed E-state index contributed by atoms with van der Waals surface area (Å²) in [5.41, 5.74) is 3.19. The molecule has 0 radical (unpaired) electrons. The van der Waals surface area contributed by atoms with E-state index in [9.17, 15) is 5.11 Å². The van der Waals surface area contributed by atoms with Gasteiger partial charge in [-0.25, -0.2) is 4.68 Å². The zero-order valence-electron chi connectivity index (χ0n) is 14.0. The van der Waals surface area contributed by atoms with E-state index < -0.39 is 0 Å². The Bertz CT molecular complexity index is 825. The van der Waals surface area contributed by atoms with Gasteiger partial charge >= 0.3 is 0 Å². The van der Waals surface area contributed by atoms with E-state index in [1.54, 1.807) is 23.1 Å². The first-order chi connectivity index (χ1) is 12.3. The lowest BCUT2D eigenvalue weighted by molar-refractivity contribution is 0.202. The highest BCUT2D eigenvalue weighted by Crippen LogP contribution is 2.30. The standard InChI is InChI=1S/C19H21N5O/c25-19-3-1-2-16(12-19)15-6-10-23(11-7-15)13-17-14-24(22-21-17)18-4-8-20-9-5-18/h1-5,8-9,12,14-15,25H,6-7,10-11,13H2. The quantitative estimate of drug-likeness (QED) is 0.794. The van der Waals surface area contributed by atoms with Gasteiger partial charge in [0.15, 0.2) is 0 Å². The maximum atomic E-state index is 9.65. The van der Waals surface area contributed by atoms with E-state index in [1.807, 2.05) is 30.5 Å². The van der Waals surface area contributed by atoms with Crippen LogP contribution in [0.3, 0.4) is 0 Å². The predicted molar refractivity (Wildman–Crippen MR) is 94.5 cm³/mol. The van der Waals surface area contributed by atoms with Gasteiger partial charge in [0.1, 0.15) is 5.75 Å². The van der Waals surface area contributed by atoms with Crippen molar-refractivity contribution in [3.05, 3.63) is 66.2 Å². The van der Waals surface area contributed by atoms with Gasteiger partial charge in [0.05, 0.1) is 17.6 Å². The summed E-state index contributed by atoms with van der Waals surface area (Å²) < 4.78 is 1.79. The number of likely N-dealkylation sites (tertiary alicyclic amines) is 1. The van der Waals surface area contributed by atoms with Crippen molar-refractivity contribution in [1.29, 1.82) is 0 Å². The highest BCUT2D eigenvalue weighted by atomic mass is 16.3. The maximum absolute atomic E-state index is 9.65. The van der Waals surface area contributed by atoms with Crippen molar-refractivity contribution in [2.45, 2.75) is 25.3 Å². The molecule has 2 aromatic heterocycles.